The van der Waals surface area contributed by atoms with Crippen molar-refractivity contribution >= 4 is 40.8 Å². The van der Waals surface area contributed by atoms with Crippen LogP contribution in [0.4, 0.5) is 17.2 Å². The van der Waals surface area contributed by atoms with Crippen LogP contribution in [0.5, 0.6) is 0 Å². The molecule has 11 heteroatoms. The van der Waals surface area contributed by atoms with Crippen LogP contribution in [0.1, 0.15) is 24.2 Å². The quantitative estimate of drug-likeness (QED) is 0.406. The summed E-state index contributed by atoms with van der Waals surface area (Å²) in [5.74, 6) is 0.399. The molecule has 1 aromatic carbocycles. The summed E-state index contributed by atoms with van der Waals surface area (Å²) in [5, 5.41) is 6.85. The highest BCUT2D eigenvalue weighted by molar-refractivity contribution is 7.98. The summed E-state index contributed by atoms with van der Waals surface area (Å²) in [6.07, 6.45) is 3.51. The summed E-state index contributed by atoms with van der Waals surface area (Å²) in [7, 11) is 0. The molecule has 2 aliphatic rings. The fraction of sp³-hybridized carbons (Fsp3) is 0.520. The largest absolute Gasteiger partial charge is 0.378 e. The number of morpholine rings is 1. The van der Waals surface area contributed by atoms with E-state index in [1.54, 1.807) is 11.1 Å². The van der Waals surface area contributed by atoms with E-state index in [4.69, 9.17) is 4.74 Å². The van der Waals surface area contributed by atoms with Gasteiger partial charge in [-0.1, -0.05) is 11.8 Å². The van der Waals surface area contributed by atoms with Gasteiger partial charge in [0.05, 0.1) is 19.8 Å². The van der Waals surface area contributed by atoms with Crippen LogP contribution >= 0.6 is 11.8 Å². The number of carbonyl (C=O) groups excluding carboxylic acids is 2. The van der Waals surface area contributed by atoms with Gasteiger partial charge in [-0.15, -0.1) is 0 Å². The molecular weight excluding hydrogens is 478 g/mol. The second-order valence-electron chi connectivity index (χ2n) is 9.18. The van der Waals surface area contributed by atoms with E-state index < -0.39 is 0 Å². The zero-order valence-corrected chi connectivity index (χ0v) is 22.0. The van der Waals surface area contributed by atoms with Gasteiger partial charge in [0, 0.05) is 62.9 Å². The lowest BCUT2D eigenvalue weighted by Crippen LogP contribution is -2.51. The zero-order chi connectivity index (χ0) is 25.5. The summed E-state index contributed by atoms with van der Waals surface area (Å²) in [4.78, 5) is 40.6. The summed E-state index contributed by atoms with van der Waals surface area (Å²) in [5.41, 5.74) is 2.44. The van der Waals surface area contributed by atoms with Crippen molar-refractivity contribution in [3.63, 3.8) is 0 Å². The summed E-state index contributed by atoms with van der Waals surface area (Å²) in [6.45, 7) is 9.86. The number of nitrogens with zero attached hydrogens (tertiary/aromatic N) is 5. The minimum atomic E-state index is -0.110. The molecule has 0 bridgehead atoms. The topological polar surface area (TPSA) is 103 Å². The van der Waals surface area contributed by atoms with Crippen LogP contribution in [0, 0.1) is 0 Å². The molecule has 2 N–H and O–H groups in total. The number of aromatic nitrogens is 2. The highest BCUT2D eigenvalue weighted by Crippen LogP contribution is 2.25. The molecule has 0 saturated carbocycles. The first-order valence-electron chi connectivity index (χ1n) is 12.3. The zero-order valence-electron chi connectivity index (χ0n) is 21.2. The van der Waals surface area contributed by atoms with E-state index in [2.05, 4.69) is 42.5 Å². The monoisotopic (exact) mass is 513 g/mol. The molecule has 0 aliphatic carbocycles. The van der Waals surface area contributed by atoms with Crippen molar-refractivity contribution in [3.05, 3.63) is 36.0 Å². The molecule has 2 aliphatic heterocycles. The molecule has 0 unspecified atom stereocenters. The Morgan fingerprint density at radius 1 is 1.06 bits per heavy atom. The molecule has 2 fully saturated rings. The minimum absolute atomic E-state index is 0.0111. The number of carbonyl (C=O) groups is 2. The first-order chi connectivity index (χ1) is 17.4. The maximum atomic E-state index is 13.4. The van der Waals surface area contributed by atoms with Crippen molar-refractivity contribution in [3.8, 4) is 0 Å². The predicted octanol–water partition coefficient (Wildman–Crippen LogP) is 2.06. The van der Waals surface area contributed by atoms with Crippen LogP contribution in [0.25, 0.3) is 0 Å². The Labute approximate surface area is 216 Å². The molecule has 2 aromatic rings. The van der Waals surface area contributed by atoms with E-state index in [9.17, 15) is 9.59 Å². The molecule has 1 aromatic heterocycles. The minimum Gasteiger partial charge on any atom is -0.378 e. The molecular formula is C25H35N7O3S. The summed E-state index contributed by atoms with van der Waals surface area (Å²) < 4.78 is 5.44. The third kappa shape index (κ3) is 6.86. The van der Waals surface area contributed by atoms with Crippen molar-refractivity contribution in [1.29, 1.82) is 0 Å². The van der Waals surface area contributed by atoms with Gasteiger partial charge in [-0.25, -0.2) is 9.97 Å². The van der Waals surface area contributed by atoms with Crippen molar-refractivity contribution in [2.24, 2.45) is 0 Å². The second-order valence-corrected chi connectivity index (χ2v) is 9.95. The predicted molar refractivity (Wildman–Crippen MR) is 142 cm³/mol. The van der Waals surface area contributed by atoms with Crippen LogP contribution in [-0.2, 0) is 9.53 Å². The lowest BCUT2D eigenvalue weighted by atomic mass is 10.2. The van der Waals surface area contributed by atoms with E-state index in [-0.39, 0.29) is 17.9 Å². The van der Waals surface area contributed by atoms with Gasteiger partial charge in [-0.2, -0.15) is 0 Å². The van der Waals surface area contributed by atoms with Gasteiger partial charge in [0.2, 0.25) is 5.91 Å². The maximum absolute atomic E-state index is 13.4. The Morgan fingerprint density at radius 3 is 2.39 bits per heavy atom. The van der Waals surface area contributed by atoms with E-state index >= 15 is 0 Å². The molecule has 2 amide bonds. The van der Waals surface area contributed by atoms with E-state index in [0.717, 1.165) is 37.7 Å². The smallest absolute Gasteiger partial charge is 0.259 e. The van der Waals surface area contributed by atoms with E-state index in [0.29, 0.717) is 49.3 Å². The van der Waals surface area contributed by atoms with Gasteiger partial charge in [-0.05, 0) is 44.4 Å². The molecule has 0 spiro atoms. The van der Waals surface area contributed by atoms with Crippen molar-refractivity contribution in [2.45, 2.75) is 25.0 Å². The molecule has 3 heterocycles. The lowest BCUT2D eigenvalue weighted by molar-refractivity contribution is -0.123. The van der Waals surface area contributed by atoms with Crippen molar-refractivity contribution < 1.29 is 14.3 Å². The Morgan fingerprint density at radius 2 is 1.75 bits per heavy atom. The van der Waals surface area contributed by atoms with Crippen LogP contribution in [-0.4, -0.2) is 103 Å². The van der Waals surface area contributed by atoms with Crippen LogP contribution in [0.15, 0.2) is 35.6 Å². The standard InChI is InChI=1S/C25H35N7O3S/c1-18(2)27-22(33)17-30-8-10-32(11-9-30)24(34)21-16-26-25(36-3)29-23(21)28-19-4-6-20(7-5-19)31-12-14-35-15-13-31/h4-7,16,18H,8-15,17H2,1-3H3,(H,27,33)(H,26,28,29). The normalized spacial score (nSPS) is 16.8. The number of hydrogen-bond donors (Lipinski definition) is 2. The van der Waals surface area contributed by atoms with Gasteiger partial charge in [0.25, 0.3) is 5.91 Å². The Bertz CT molecular complexity index is 1040. The Hall–Kier alpha value is -2.89. The number of anilines is 3. The molecule has 0 radical (unpaired) electrons. The van der Waals surface area contributed by atoms with E-state index in [1.807, 2.05) is 32.2 Å². The summed E-state index contributed by atoms with van der Waals surface area (Å²) >= 11 is 1.43. The molecule has 4 rings (SSSR count). The number of nitrogens with one attached hydrogen (secondary N) is 2. The number of hydrogen-bond acceptors (Lipinski definition) is 9. The third-order valence-corrected chi connectivity index (χ3v) is 6.72. The van der Waals surface area contributed by atoms with Crippen molar-refractivity contribution in [1.82, 2.24) is 25.1 Å². The number of ether oxygens (including phenoxy) is 1. The number of benzene rings is 1. The summed E-state index contributed by atoms with van der Waals surface area (Å²) in [6, 6.07) is 8.26. The number of thioether (sulfide) groups is 1. The van der Waals surface area contributed by atoms with Gasteiger partial charge in [0.15, 0.2) is 5.16 Å². The van der Waals surface area contributed by atoms with Crippen LogP contribution < -0.4 is 15.5 Å². The number of rotatable bonds is 8. The maximum Gasteiger partial charge on any atom is 0.259 e. The van der Waals surface area contributed by atoms with E-state index in [1.165, 1.54) is 11.8 Å². The Kier molecular flexibility index (Phi) is 9.00. The lowest BCUT2D eigenvalue weighted by Gasteiger charge is -2.34. The first-order valence-corrected chi connectivity index (χ1v) is 13.6. The molecule has 10 nitrogen and oxygen atoms in total. The second kappa shape index (κ2) is 12.4. The molecule has 194 valence electrons. The van der Waals surface area contributed by atoms with Gasteiger partial charge in [0.1, 0.15) is 11.4 Å². The Balaban J connectivity index is 1.42. The molecule has 36 heavy (non-hydrogen) atoms. The van der Waals surface area contributed by atoms with Crippen molar-refractivity contribution in [2.75, 3.05) is 75.5 Å². The average molecular weight is 514 g/mol. The molecule has 2 saturated heterocycles. The van der Waals surface area contributed by atoms with Gasteiger partial charge in [-0.3, -0.25) is 14.5 Å². The van der Waals surface area contributed by atoms with Crippen LogP contribution in [0.2, 0.25) is 0 Å². The van der Waals surface area contributed by atoms with Gasteiger partial charge < -0.3 is 25.2 Å². The first kappa shape index (κ1) is 26.2. The van der Waals surface area contributed by atoms with Gasteiger partial charge >= 0.3 is 0 Å². The third-order valence-electron chi connectivity index (χ3n) is 6.16. The number of piperazine rings is 1. The number of amides is 2. The highest BCUT2D eigenvalue weighted by Gasteiger charge is 2.26. The molecule has 0 atom stereocenters. The highest BCUT2D eigenvalue weighted by atomic mass is 32.2. The fourth-order valence-electron chi connectivity index (χ4n) is 4.28. The van der Waals surface area contributed by atoms with Crippen LogP contribution in [0.3, 0.4) is 0 Å². The average Bonchev–Trinajstić information content (AvgIpc) is 2.89. The SMILES string of the molecule is CSc1ncc(C(=O)N2CCN(CC(=O)NC(C)C)CC2)c(Nc2ccc(N3CCOCC3)cc2)n1. The fourth-order valence-corrected chi connectivity index (χ4v) is 4.62.